The number of halogens is 1. The third-order valence-corrected chi connectivity index (χ3v) is 5.81. The maximum atomic E-state index is 12.8. The lowest BCUT2D eigenvalue weighted by Crippen LogP contribution is -2.14. The topological polar surface area (TPSA) is 109 Å². The summed E-state index contributed by atoms with van der Waals surface area (Å²) >= 11 is 3.50. The van der Waals surface area contributed by atoms with Gasteiger partial charge >= 0.3 is 5.97 Å². The summed E-state index contributed by atoms with van der Waals surface area (Å²) in [5.74, 6) is -0.613. The Morgan fingerprint density at radius 2 is 1.81 bits per heavy atom. The Kier molecular flexibility index (Phi) is 8.87. The SMILES string of the molecule is CCOc1cc(/C=C(\C#N)C(=O)Nc2ccc(C)cc2C)cc(Br)c1OCc1ccc(C(=O)O)cc1. The van der Waals surface area contributed by atoms with E-state index in [0.29, 0.717) is 33.8 Å². The molecule has 3 aromatic carbocycles. The number of carboxylic acids is 1. The van der Waals surface area contributed by atoms with Crippen LogP contribution in [0.15, 0.2) is 64.6 Å². The molecule has 0 saturated heterocycles. The number of ether oxygens (including phenoxy) is 2. The molecule has 0 radical (unpaired) electrons. The fraction of sp³-hybridized carbons (Fsp3) is 0.179. The van der Waals surface area contributed by atoms with Crippen LogP contribution >= 0.6 is 15.9 Å². The third kappa shape index (κ3) is 6.74. The molecule has 8 heteroatoms. The van der Waals surface area contributed by atoms with Gasteiger partial charge in [0.05, 0.1) is 16.6 Å². The highest BCUT2D eigenvalue weighted by Crippen LogP contribution is 2.38. The maximum Gasteiger partial charge on any atom is 0.335 e. The summed E-state index contributed by atoms with van der Waals surface area (Å²) in [5.41, 5.74) is 4.13. The predicted octanol–water partition coefficient (Wildman–Crippen LogP) is 6.29. The number of rotatable bonds is 9. The highest BCUT2D eigenvalue weighted by Gasteiger charge is 2.15. The van der Waals surface area contributed by atoms with E-state index in [2.05, 4.69) is 21.2 Å². The second-order valence-electron chi connectivity index (χ2n) is 8.00. The average molecular weight is 549 g/mol. The van der Waals surface area contributed by atoms with Crippen molar-refractivity contribution < 1.29 is 24.2 Å². The zero-order chi connectivity index (χ0) is 26.2. The van der Waals surface area contributed by atoms with Crippen molar-refractivity contribution in [3.8, 4) is 17.6 Å². The summed E-state index contributed by atoms with van der Waals surface area (Å²) < 4.78 is 12.3. The number of aromatic carboxylic acids is 1. The first-order valence-corrected chi connectivity index (χ1v) is 11.9. The molecule has 0 aromatic heterocycles. The van der Waals surface area contributed by atoms with Crippen LogP contribution in [-0.4, -0.2) is 23.6 Å². The van der Waals surface area contributed by atoms with Gasteiger partial charge in [-0.1, -0.05) is 29.8 Å². The monoisotopic (exact) mass is 548 g/mol. The molecule has 7 nitrogen and oxygen atoms in total. The molecule has 2 N–H and O–H groups in total. The largest absolute Gasteiger partial charge is 0.490 e. The molecular weight excluding hydrogens is 524 g/mol. The molecular formula is C28H25BrN2O5. The van der Waals surface area contributed by atoms with Gasteiger partial charge in [-0.25, -0.2) is 4.79 Å². The molecule has 0 atom stereocenters. The van der Waals surface area contributed by atoms with Crippen molar-refractivity contribution in [3.63, 3.8) is 0 Å². The van der Waals surface area contributed by atoms with Crippen molar-refractivity contribution in [1.29, 1.82) is 5.26 Å². The van der Waals surface area contributed by atoms with Crippen LogP contribution in [-0.2, 0) is 11.4 Å². The minimum absolute atomic E-state index is 0.0588. The van der Waals surface area contributed by atoms with E-state index in [1.165, 1.54) is 18.2 Å². The van der Waals surface area contributed by atoms with Crippen LogP contribution in [0.4, 0.5) is 5.69 Å². The van der Waals surface area contributed by atoms with Gasteiger partial charge in [0, 0.05) is 5.69 Å². The summed E-state index contributed by atoms with van der Waals surface area (Å²) in [6, 6.07) is 17.4. The third-order valence-electron chi connectivity index (χ3n) is 5.22. The molecule has 0 bridgehead atoms. The molecule has 184 valence electrons. The Bertz CT molecular complexity index is 1360. The number of carbonyl (C=O) groups excluding carboxylic acids is 1. The maximum absolute atomic E-state index is 12.8. The number of anilines is 1. The quantitative estimate of drug-likeness (QED) is 0.240. The zero-order valence-electron chi connectivity index (χ0n) is 20.1. The number of carbonyl (C=O) groups is 2. The Labute approximate surface area is 218 Å². The molecule has 3 aromatic rings. The molecule has 0 fully saturated rings. The van der Waals surface area contributed by atoms with E-state index in [1.807, 2.05) is 45.0 Å². The minimum atomic E-state index is -0.994. The average Bonchev–Trinajstić information content (AvgIpc) is 2.84. The summed E-state index contributed by atoms with van der Waals surface area (Å²) in [6.45, 7) is 6.26. The fourth-order valence-electron chi connectivity index (χ4n) is 3.43. The normalized spacial score (nSPS) is 10.9. The summed E-state index contributed by atoms with van der Waals surface area (Å²) in [7, 11) is 0. The minimum Gasteiger partial charge on any atom is -0.490 e. The second-order valence-corrected chi connectivity index (χ2v) is 8.85. The second kappa shape index (κ2) is 12.0. The van der Waals surface area contributed by atoms with Crippen LogP contribution in [0, 0.1) is 25.2 Å². The molecule has 0 unspecified atom stereocenters. The summed E-state index contributed by atoms with van der Waals surface area (Å²) in [5, 5.41) is 21.5. The molecule has 0 heterocycles. The lowest BCUT2D eigenvalue weighted by atomic mass is 10.1. The number of hydrogen-bond acceptors (Lipinski definition) is 5. The lowest BCUT2D eigenvalue weighted by Gasteiger charge is -2.15. The van der Waals surface area contributed by atoms with Gasteiger partial charge in [-0.05, 0) is 89.8 Å². The first-order chi connectivity index (χ1) is 17.2. The highest BCUT2D eigenvalue weighted by atomic mass is 79.9. The number of carboxylic acid groups (broad SMARTS) is 1. The molecule has 1 amide bonds. The number of nitrogens with one attached hydrogen (secondary N) is 1. The van der Waals surface area contributed by atoms with Crippen molar-refractivity contribution in [2.45, 2.75) is 27.4 Å². The molecule has 0 aliphatic heterocycles. The van der Waals surface area contributed by atoms with Gasteiger partial charge in [-0.15, -0.1) is 0 Å². The molecule has 0 spiro atoms. The van der Waals surface area contributed by atoms with Gasteiger partial charge in [-0.3, -0.25) is 4.79 Å². The van der Waals surface area contributed by atoms with Crippen LogP contribution in [0.25, 0.3) is 6.08 Å². The zero-order valence-corrected chi connectivity index (χ0v) is 21.7. The first kappa shape index (κ1) is 26.5. The van der Waals surface area contributed by atoms with E-state index in [-0.39, 0.29) is 17.7 Å². The number of hydrogen-bond donors (Lipinski definition) is 2. The first-order valence-electron chi connectivity index (χ1n) is 11.1. The summed E-state index contributed by atoms with van der Waals surface area (Å²) in [6.07, 6.45) is 1.49. The Balaban J connectivity index is 1.83. The van der Waals surface area contributed by atoms with Crippen LogP contribution in [0.1, 0.15) is 39.5 Å². The number of benzene rings is 3. The van der Waals surface area contributed by atoms with Gasteiger partial charge in [0.15, 0.2) is 11.5 Å². The molecule has 0 aliphatic rings. The molecule has 36 heavy (non-hydrogen) atoms. The van der Waals surface area contributed by atoms with E-state index in [1.54, 1.807) is 24.3 Å². The van der Waals surface area contributed by atoms with E-state index >= 15 is 0 Å². The van der Waals surface area contributed by atoms with E-state index in [4.69, 9.17) is 14.6 Å². The molecule has 0 aliphatic carbocycles. The van der Waals surface area contributed by atoms with Gasteiger partial charge in [-0.2, -0.15) is 5.26 Å². The van der Waals surface area contributed by atoms with Crippen LogP contribution in [0.5, 0.6) is 11.5 Å². The smallest absolute Gasteiger partial charge is 0.335 e. The van der Waals surface area contributed by atoms with E-state index in [0.717, 1.165) is 16.7 Å². The van der Waals surface area contributed by atoms with Gasteiger partial charge in [0.25, 0.3) is 5.91 Å². The van der Waals surface area contributed by atoms with Crippen molar-refractivity contribution >= 4 is 39.6 Å². The molecule has 0 saturated carbocycles. The fourth-order valence-corrected chi connectivity index (χ4v) is 4.01. The standard InChI is InChI=1S/C28H25BrN2O5/c1-4-35-25-14-20(12-22(15-30)27(32)31-24-10-5-17(2)11-18(24)3)13-23(29)26(25)36-16-19-6-8-21(9-7-19)28(33)34/h5-14H,4,16H2,1-3H3,(H,31,32)(H,33,34)/b22-12+. The highest BCUT2D eigenvalue weighted by molar-refractivity contribution is 9.10. The molecule has 3 rings (SSSR count). The number of nitrogens with zero attached hydrogens (tertiary/aromatic N) is 1. The van der Waals surface area contributed by atoms with Crippen molar-refractivity contribution in [1.82, 2.24) is 0 Å². The van der Waals surface area contributed by atoms with Crippen molar-refractivity contribution in [2.75, 3.05) is 11.9 Å². The van der Waals surface area contributed by atoms with Crippen molar-refractivity contribution in [2.24, 2.45) is 0 Å². The number of aryl methyl sites for hydroxylation is 2. The Hall–Kier alpha value is -4.09. The van der Waals surface area contributed by atoms with Gasteiger partial charge in [0.1, 0.15) is 18.2 Å². The van der Waals surface area contributed by atoms with E-state index < -0.39 is 11.9 Å². The Morgan fingerprint density at radius 3 is 2.42 bits per heavy atom. The number of nitriles is 1. The predicted molar refractivity (Wildman–Crippen MR) is 141 cm³/mol. The van der Waals surface area contributed by atoms with Crippen LogP contribution < -0.4 is 14.8 Å². The number of amides is 1. The van der Waals surface area contributed by atoms with E-state index in [9.17, 15) is 14.9 Å². The van der Waals surface area contributed by atoms with Crippen LogP contribution in [0.3, 0.4) is 0 Å². The van der Waals surface area contributed by atoms with Crippen LogP contribution in [0.2, 0.25) is 0 Å². The van der Waals surface area contributed by atoms with Gasteiger partial charge < -0.3 is 19.9 Å². The lowest BCUT2D eigenvalue weighted by molar-refractivity contribution is -0.112. The van der Waals surface area contributed by atoms with Crippen molar-refractivity contribution in [3.05, 3.63) is 92.5 Å². The summed E-state index contributed by atoms with van der Waals surface area (Å²) in [4.78, 5) is 23.8. The van der Waals surface area contributed by atoms with Gasteiger partial charge in [0.2, 0.25) is 0 Å². The Morgan fingerprint density at radius 1 is 1.08 bits per heavy atom.